The Hall–Kier alpha value is -0.120. The first kappa shape index (κ1) is 11.6. The topological polar surface area (TPSA) is 78.1 Å². The first-order valence-corrected chi connectivity index (χ1v) is 3.43. The monoisotopic (exact) mass is 133 g/mol. The number of rotatable bonds is 3. The smallest absolute Gasteiger partial charge is 0.00461 e. The van der Waals surface area contributed by atoms with E-state index in [4.69, 9.17) is 17.2 Å². The lowest BCUT2D eigenvalue weighted by atomic mass is 10.3. The molecule has 0 radical (unpaired) electrons. The molecule has 0 aromatic rings. The second-order valence-corrected chi connectivity index (χ2v) is 1.72. The molecule has 6 N–H and O–H groups in total. The third-order valence-corrected chi connectivity index (χ3v) is 0.724. The molecular formula is C6H19N3. The molecule has 3 heteroatoms. The van der Waals surface area contributed by atoms with Gasteiger partial charge < -0.3 is 17.2 Å². The molecular weight excluding hydrogens is 114 g/mol. The summed E-state index contributed by atoms with van der Waals surface area (Å²) in [7, 11) is 0. The van der Waals surface area contributed by atoms with Gasteiger partial charge in [-0.05, 0) is 13.0 Å². The van der Waals surface area contributed by atoms with E-state index in [-0.39, 0.29) is 0 Å². The summed E-state index contributed by atoms with van der Waals surface area (Å²) in [6, 6.07) is 0. The summed E-state index contributed by atoms with van der Waals surface area (Å²) in [6.07, 6.45) is 2.39. The largest absolute Gasteiger partial charge is 0.330 e. The molecule has 0 spiro atoms. The van der Waals surface area contributed by atoms with Crippen molar-refractivity contribution in [3.05, 3.63) is 0 Å². The van der Waals surface area contributed by atoms with E-state index in [0.29, 0.717) is 13.1 Å². The Morgan fingerprint density at radius 3 is 1.33 bits per heavy atom. The normalized spacial score (nSPS) is 8.00. The fraction of sp³-hybridized carbons (Fsp3) is 1.00. The molecule has 0 aliphatic rings. The molecule has 0 amide bonds. The van der Waals surface area contributed by atoms with Crippen LogP contribution in [0, 0.1) is 0 Å². The third kappa shape index (κ3) is 32.8. The van der Waals surface area contributed by atoms with Crippen molar-refractivity contribution < 1.29 is 0 Å². The highest BCUT2D eigenvalue weighted by molar-refractivity contribution is 4.29. The van der Waals surface area contributed by atoms with Gasteiger partial charge >= 0.3 is 0 Å². The van der Waals surface area contributed by atoms with E-state index in [2.05, 4.69) is 6.92 Å². The van der Waals surface area contributed by atoms with E-state index in [1.807, 2.05) is 0 Å². The molecule has 9 heavy (non-hydrogen) atoms. The zero-order chi connectivity index (χ0) is 7.54. The van der Waals surface area contributed by atoms with E-state index >= 15 is 0 Å². The predicted octanol–water partition coefficient (Wildman–Crippen LogP) is -0.351. The average molecular weight is 133 g/mol. The maximum Gasteiger partial charge on any atom is 0.00461 e. The highest BCUT2D eigenvalue weighted by Crippen LogP contribution is 1.77. The van der Waals surface area contributed by atoms with Crippen molar-refractivity contribution in [2.75, 3.05) is 19.6 Å². The van der Waals surface area contributed by atoms with Gasteiger partial charge in [-0.15, -0.1) is 0 Å². The molecule has 0 aliphatic heterocycles. The van der Waals surface area contributed by atoms with E-state index in [1.165, 1.54) is 12.8 Å². The summed E-state index contributed by atoms with van der Waals surface area (Å²) in [5, 5.41) is 0. The van der Waals surface area contributed by atoms with Crippen LogP contribution in [0.1, 0.15) is 19.8 Å². The Morgan fingerprint density at radius 2 is 1.33 bits per heavy atom. The quantitative estimate of drug-likeness (QED) is 0.492. The summed E-state index contributed by atoms with van der Waals surface area (Å²) in [5.74, 6) is 0. The summed E-state index contributed by atoms with van der Waals surface area (Å²) in [5.41, 5.74) is 14.9. The summed E-state index contributed by atoms with van der Waals surface area (Å²) in [6.45, 7) is 4.17. The van der Waals surface area contributed by atoms with Gasteiger partial charge in [0.05, 0.1) is 0 Å². The van der Waals surface area contributed by atoms with Crippen molar-refractivity contribution in [1.29, 1.82) is 0 Å². The molecule has 0 saturated carbocycles. The molecule has 0 bridgehead atoms. The van der Waals surface area contributed by atoms with Crippen LogP contribution in [0.5, 0.6) is 0 Å². The Labute approximate surface area is 57.6 Å². The number of nitrogens with two attached hydrogens (primary N) is 3. The molecule has 0 atom stereocenters. The van der Waals surface area contributed by atoms with Crippen LogP contribution in [0.15, 0.2) is 0 Å². The van der Waals surface area contributed by atoms with Gasteiger partial charge in [-0.3, -0.25) is 0 Å². The molecule has 0 rings (SSSR count). The zero-order valence-electron chi connectivity index (χ0n) is 6.27. The highest BCUT2D eigenvalue weighted by Gasteiger charge is 1.67. The first-order valence-electron chi connectivity index (χ1n) is 3.43. The Bertz CT molecular complexity index is 27.5. The maximum absolute atomic E-state index is 5.14. The molecule has 0 fully saturated rings. The molecule has 0 unspecified atom stereocenters. The summed E-state index contributed by atoms with van der Waals surface area (Å²) < 4.78 is 0. The van der Waals surface area contributed by atoms with E-state index in [0.717, 1.165) is 6.54 Å². The van der Waals surface area contributed by atoms with Gasteiger partial charge in [0.1, 0.15) is 0 Å². The minimum Gasteiger partial charge on any atom is -0.330 e. The fourth-order valence-electron chi connectivity index (χ4n) is 0.204. The van der Waals surface area contributed by atoms with Crippen LogP contribution < -0.4 is 17.2 Å². The molecule has 0 aromatic carbocycles. The van der Waals surface area contributed by atoms with Crippen LogP contribution in [0.4, 0.5) is 0 Å². The van der Waals surface area contributed by atoms with E-state index in [9.17, 15) is 0 Å². The summed E-state index contributed by atoms with van der Waals surface area (Å²) >= 11 is 0. The average Bonchev–Trinajstić information content (AvgIpc) is 1.91. The zero-order valence-corrected chi connectivity index (χ0v) is 6.27. The van der Waals surface area contributed by atoms with Crippen molar-refractivity contribution in [2.24, 2.45) is 17.2 Å². The minimum absolute atomic E-state index is 0.597. The van der Waals surface area contributed by atoms with Crippen molar-refractivity contribution in [1.82, 2.24) is 0 Å². The lowest BCUT2D eigenvalue weighted by molar-refractivity contribution is 0.807. The van der Waals surface area contributed by atoms with Gasteiger partial charge in [-0.1, -0.05) is 13.3 Å². The van der Waals surface area contributed by atoms with Crippen molar-refractivity contribution in [3.8, 4) is 0 Å². The minimum atomic E-state index is 0.597. The van der Waals surface area contributed by atoms with Crippen LogP contribution in [0.3, 0.4) is 0 Å². The molecule has 58 valence electrons. The number of hydrogen-bond acceptors (Lipinski definition) is 3. The van der Waals surface area contributed by atoms with Crippen LogP contribution in [-0.2, 0) is 0 Å². The Morgan fingerprint density at radius 1 is 0.889 bits per heavy atom. The van der Waals surface area contributed by atoms with Crippen molar-refractivity contribution >= 4 is 0 Å². The molecule has 0 heterocycles. The fourth-order valence-corrected chi connectivity index (χ4v) is 0.204. The van der Waals surface area contributed by atoms with Gasteiger partial charge in [0.15, 0.2) is 0 Å². The Kier molecular flexibility index (Phi) is 20.3. The molecule has 0 aliphatic carbocycles. The standard InChI is InChI=1S/C4H11N.C2H8N2/c1-2-3-4-5;3-1-2-4/h2-5H2,1H3;1-4H2. The SMILES string of the molecule is CCCCN.NCCN. The van der Waals surface area contributed by atoms with Crippen LogP contribution in [-0.4, -0.2) is 19.6 Å². The summed E-state index contributed by atoms with van der Waals surface area (Å²) in [4.78, 5) is 0. The van der Waals surface area contributed by atoms with Gasteiger partial charge in [-0.25, -0.2) is 0 Å². The van der Waals surface area contributed by atoms with Gasteiger partial charge in [0.2, 0.25) is 0 Å². The molecule has 0 aromatic heterocycles. The lowest BCUT2D eigenvalue weighted by Crippen LogP contribution is -2.11. The van der Waals surface area contributed by atoms with Crippen LogP contribution >= 0.6 is 0 Å². The number of unbranched alkanes of at least 4 members (excludes halogenated alkanes) is 1. The second-order valence-electron chi connectivity index (χ2n) is 1.72. The van der Waals surface area contributed by atoms with Crippen molar-refractivity contribution in [3.63, 3.8) is 0 Å². The van der Waals surface area contributed by atoms with Crippen molar-refractivity contribution in [2.45, 2.75) is 19.8 Å². The van der Waals surface area contributed by atoms with Gasteiger partial charge in [-0.2, -0.15) is 0 Å². The molecule has 0 saturated heterocycles. The number of hydrogen-bond donors (Lipinski definition) is 3. The van der Waals surface area contributed by atoms with E-state index in [1.54, 1.807) is 0 Å². The van der Waals surface area contributed by atoms with Gasteiger partial charge in [0.25, 0.3) is 0 Å². The van der Waals surface area contributed by atoms with Gasteiger partial charge in [0, 0.05) is 13.1 Å². The molecule has 3 nitrogen and oxygen atoms in total. The second kappa shape index (κ2) is 15.7. The highest BCUT2D eigenvalue weighted by atomic mass is 14.6. The van der Waals surface area contributed by atoms with Crippen LogP contribution in [0.2, 0.25) is 0 Å². The predicted molar refractivity (Wildman–Crippen MR) is 42.1 cm³/mol. The third-order valence-electron chi connectivity index (χ3n) is 0.724. The Balaban J connectivity index is 0. The van der Waals surface area contributed by atoms with E-state index < -0.39 is 0 Å². The van der Waals surface area contributed by atoms with Crippen LogP contribution in [0.25, 0.3) is 0 Å². The maximum atomic E-state index is 5.14. The lowest BCUT2D eigenvalue weighted by Gasteiger charge is -1.80. The first-order chi connectivity index (χ1) is 4.33.